The third-order valence-corrected chi connectivity index (χ3v) is 5.06. The molecular formula is C22H24ClFO4. The summed E-state index contributed by atoms with van der Waals surface area (Å²) in [5.74, 6) is 0.762. The summed E-state index contributed by atoms with van der Waals surface area (Å²) in [6.07, 6.45) is 1.89. The second-order valence-corrected chi connectivity index (χ2v) is 7.69. The third-order valence-electron chi connectivity index (χ3n) is 4.73. The van der Waals surface area contributed by atoms with Crippen LogP contribution in [0.5, 0.6) is 11.5 Å². The van der Waals surface area contributed by atoms with Gasteiger partial charge in [0.05, 0.1) is 6.61 Å². The Labute approximate surface area is 169 Å². The Balaban J connectivity index is 1.55. The first-order valence-corrected chi connectivity index (χ1v) is 9.82. The van der Waals surface area contributed by atoms with Crippen molar-refractivity contribution in [3.05, 3.63) is 59.4 Å². The summed E-state index contributed by atoms with van der Waals surface area (Å²) in [6.45, 7) is 4.44. The quantitative estimate of drug-likeness (QED) is 0.493. The Bertz CT molecular complexity index is 824. The minimum atomic E-state index is -0.703. The Morgan fingerprint density at radius 3 is 2.75 bits per heavy atom. The standard InChI is InChI=1S/C22H24ClFO4/c1-3-26-21(25)19(23)12-15-4-7-18(8-5-15)27-14-22(2)11-10-16-13-17(24)6-9-20(16)28-22/h4-9,13,19H,3,10-12,14H2,1-2H3. The number of esters is 1. The SMILES string of the molecule is CCOC(=O)C(Cl)Cc1ccc(OCC2(C)CCc3cc(F)ccc3O2)cc1. The van der Waals surface area contributed by atoms with Crippen LogP contribution >= 0.6 is 11.6 Å². The number of ether oxygens (including phenoxy) is 3. The van der Waals surface area contributed by atoms with Gasteiger partial charge in [0.15, 0.2) is 0 Å². The Morgan fingerprint density at radius 1 is 1.29 bits per heavy atom. The number of alkyl halides is 1. The molecule has 2 unspecified atom stereocenters. The van der Waals surface area contributed by atoms with Gasteiger partial charge >= 0.3 is 5.97 Å². The molecule has 3 rings (SSSR count). The van der Waals surface area contributed by atoms with Crippen LogP contribution in [0, 0.1) is 5.82 Å². The molecule has 2 aromatic carbocycles. The van der Waals surface area contributed by atoms with Gasteiger partial charge in [-0.3, -0.25) is 4.79 Å². The number of rotatable bonds is 7. The van der Waals surface area contributed by atoms with E-state index >= 15 is 0 Å². The molecule has 2 aromatic rings. The number of hydrogen-bond donors (Lipinski definition) is 0. The number of fused-ring (bicyclic) bond motifs is 1. The highest BCUT2D eigenvalue weighted by atomic mass is 35.5. The lowest BCUT2D eigenvalue weighted by Gasteiger charge is -2.35. The molecule has 0 N–H and O–H groups in total. The van der Waals surface area contributed by atoms with Gasteiger partial charge in [-0.2, -0.15) is 0 Å². The lowest BCUT2D eigenvalue weighted by molar-refractivity contribution is -0.142. The minimum Gasteiger partial charge on any atom is -0.489 e. The predicted molar refractivity (Wildman–Crippen MR) is 106 cm³/mol. The molecule has 0 fully saturated rings. The van der Waals surface area contributed by atoms with Gasteiger partial charge in [0.25, 0.3) is 0 Å². The average molecular weight is 407 g/mol. The van der Waals surface area contributed by atoms with E-state index in [2.05, 4.69) is 0 Å². The lowest BCUT2D eigenvalue weighted by atomic mass is 9.93. The molecule has 1 heterocycles. The summed E-state index contributed by atoms with van der Waals surface area (Å²) in [6, 6.07) is 12.1. The number of aryl methyl sites for hydroxylation is 1. The predicted octanol–water partition coefficient (Wildman–Crippen LogP) is 4.70. The van der Waals surface area contributed by atoms with Crippen LogP contribution in [-0.2, 0) is 22.4 Å². The zero-order valence-electron chi connectivity index (χ0n) is 16.0. The van der Waals surface area contributed by atoms with E-state index in [1.165, 1.54) is 12.1 Å². The summed E-state index contributed by atoms with van der Waals surface area (Å²) in [5.41, 5.74) is 1.34. The van der Waals surface area contributed by atoms with Crippen molar-refractivity contribution < 1.29 is 23.4 Å². The first-order valence-electron chi connectivity index (χ1n) is 9.38. The molecule has 0 saturated heterocycles. The smallest absolute Gasteiger partial charge is 0.324 e. The Kier molecular flexibility index (Phi) is 6.45. The van der Waals surface area contributed by atoms with Gasteiger partial charge in [-0.05, 0) is 74.6 Å². The van der Waals surface area contributed by atoms with Crippen LogP contribution in [0.3, 0.4) is 0 Å². The van der Waals surface area contributed by atoms with Crippen molar-refractivity contribution in [1.82, 2.24) is 0 Å². The van der Waals surface area contributed by atoms with Gasteiger partial charge in [-0.1, -0.05) is 12.1 Å². The Hall–Kier alpha value is -2.27. The average Bonchev–Trinajstić information content (AvgIpc) is 2.68. The van der Waals surface area contributed by atoms with E-state index in [4.69, 9.17) is 25.8 Å². The lowest BCUT2D eigenvalue weighted by Crippen LogP contribution is -2.42. The topological polar surface area (TPSA) is 44.8 Å². The van der Waals surface area contributed by atoms with Crippen LogP contribution in [0.4, 0.5) is 4.39 Å². The first kappa shape index (κ1) is 20.5. The molecule has 0 radical (unpaired) electrons. The van der Waals surface area contributed by atoms with Gasteiger partial charge in [-0.25, -0.2) is 4.39 Å². The first-order chi connectivity index (χ1) is 13.4. The van der Waals surface area contributed by atoms with Crippen LogP contribution in [0.1, 0.15) is 31.4 Å². The van der Waals surface area contributed by atoms with E-state index < -0.39 is 16.9 Å². The summed E-state index contributed by atoms with van der Waals surface area (Å²) >= 11 is 6.07. The number of hydrogen-bond acceptors (Lipinski definition) is 4. The molecule has 0 aromatic heterocycles. The van der Waals surface area contributed by atoms with E-state index in [1.54, 1.807) is 13.0 Å². The number of benzene rings is 2. The maximum absolute atomic E-state index is 13.3. The highest BCUT2D eigenvalue weighted by Crippen LogP contribution is 2.34. The van der Waals surface area contributed by atoms with Crippen molar-refractivity contribution in [3.8, 4) is 11.5 Å². The van der Waals surface area contributed by atoms with Crippen molar-refractivity contribution in [2.75, 3.05) is 13.2 Å². The van der Waals surface area contributed by atoms with E-state index in [9.17, 15) is 9.18 Å². The number of halogens is 2. The fourth-order valence-corrected chi connectivity index (χ4v) is 3.38. The van der Waals surface area contributed by atoms with Gasteiger partial charge < -0.3 is 14.2 Å². The van der Waals surface area contributed by atoms with E-state index in [0.717, 1.165) is 24.0 Å². The molecule has 0 bridgehead atoms. The van der Waals surface area contributed by atoms with Crippen molar-refractivity contribution in [3.63, 3.8) is 0 Å². The van der Waals surface area contributed by atoms with Crippen molar-refractivity contribution in [1.29, 1.82) is 0 Å². The van der Waals surface area contributed by atoms with Crippen molar-refractivity contribution in [2.45, 2.75) is 44.1 Å². The van der Waals surface area contributed by atoms with Crippen LogP contribution in [0.2, 0.25) is 0 Å². The van der Waals surface area contributed by atoms with Crippen molar-refractivity contribution >= 4 is 17.6 Å². The summed E-state index contributed by atoms with van der Waals surface area (Å²) in [7, 11) is 0. The number of carbonyl (C=O) groups is 1. The van der Waals surface area contributed by atoms with E-state index in [-0.39, 0.29) is 5.82 Å². The summed E-state index contributed by atoms with van der Waals surface area (Å²) < 4.78 is 30.2. The normalized spacial score (nSPS) is 19.3. The third kappa shape index (κ3) is 5.16. The zero-order valence-corrected chi connectivity index (χ0v) is 16.8. The minimum absolute atomic E-state index is 0.246. The van der Waals surface area contributed by atoms with Gasteiger partial charge in [0, 0.05) is 0 Å². The molecule has 1 aliphatic heterocycles. The van der Waals surface area contributed by atoms with Crippen LogP contribution in [0.15, 0.2) is 42.5 Å². The molecule has 0 amide bonds. The molecule has 6 heteroatoms. The molecule has 4 nitrogen and oxygen atoms in total. The van der Waals surface area contributed by atoms with Crippen LogP contribution in [-0.4, -0.2) is 30.2 Å². The van der Waals surface area contributed by atoms with Crippen molar-refractivity contribution in [2.24, 2.45) is 0 Å². The second-order valence-electron chi connectivity index (χ2n) is 7.16. The fourth-order valence-electron chi connectivity index (χ4n) is 3.14. The molecule has 0 spiro atoms. The van der Waals surface area contributed by atoms with Gasteiger partial charge in [0.1, 0.15) is 34.9 Å². The fraction of sp³-hybridized carbons (Fsp3) is 0.409. The highest BCUT2D eigenvalue weighted by Gasteiger charge is 2.32. The van der Waals surface area contributed by atoms with E-state index in [0.29, 0.717) is 31.1 Å². The number of carbonyl (C=O) groups excluding carboxylic acids is 1. The second kappa shape index (κ2) is 8.82. The van der Waals surface area contributed by atoms with Gasteiger partial charge in [-0.15, -0.1) is 11.6 Å². The summed E-state index contributed by atoms with van der Waals surface area (Å²) in [5, 5.41) is -0.703. The van der Waals surface area contributed by atoms with E-state index in [1.807, 2.05) is 31.2 Å². The summed E-state index contributed by atoms with van der Waals surface area (Å²) in [4.78, 5) is 11.6. The largest absolute Gasteiger partial charge is 0.489 e. The molecular weight excluding hydrogens is 383 g/mol. The molecule has 2 atom stereocenters. The van der Waals surface area contributed by atoms with Crippen LogP contribution < -0.4 is 9.47 Å². The maximum Gasteiger partial charge on any atom is 0.324 e. The molecule has 0 aliphatic carbocycles. The maximum atomic E-state index is 13.3. The molecule has 150 valence electrons. The molecule has 1 aliphatic rings. The monoisotopic (exact) mass is 406 g/mol. The van der Waals surface area contributed by atoms with Gasteiger partial charge in [0.2, 0.25) is 0 Å². The molecule has 28 heavy (non-hydrogen) atoms. The zero-order chi connectivity index (χ0) is 20.1. The Morgan fingerprint density at radius 2 is 2.04 bits per heavy atom. The van der Waals surface area contributed by atoms with Crippen LogP contribution in [0.25, 0.3) is 0 Å². The molecule has 0 saturated carbocycles. The highest BCUT2D eigenvalue weighted by molar-refractivity contribution is 6.30.